The Morgan fingerprint density at radius 2 is 2.00 bits per heavy atom. The molecule has 102 valence electrons. The molecule has 1 unspecified atom stereocenters. The van der Waals surface area contributed by atoms with Gasteiger partial charge in [0.1, 0.15) is 12.1 Å². The molecule has 0 aliphatic rings. The van der Waals surface area contributed by atoms with E-state index in [-0.39, 0.29) is 11.4 Å². The summed E-state index contributed by atoms with van der Waals surface area (Å²) in [5.41, 5.74) is 1.57. The molecule has 1 aromatic heterocycles. The summed E-state index contributed by atoms with van der Waals surface area (Å²) in [6.45, 7) is 1.82. The van der Waals surface area contributed by atoms with E-state index in [1.54, 1.807) is 12.1 Å². The Kier molecular flexibility index (Phi) is 3.74. The van der Waals surface area contributed by atoms with E-state index in [1.165, 1.54) is 12.1 Å². The van der Waals surface area contributed by atoms with E-state index >= 15 is 0 Å². The van der Waals surface area contributed by atoms with Crippen LogP contribution < -0.4 is 0 Å². The minimum absolute atomic E-state index is 0.164. The highest BCUT2D eigenvalue weighted by Gasteiger charge is 2.25. The maximum Gasteiger partial charge on any atom is 0.317 e. The van der Waals surface area contributed by atoms with E-state index < -0.39 is 16.8 Å². The SMILES string of the molecule is Cc1ccccc1C(C(=O)O)c1ccc([N+](=O)[O-])cn1. The molecule has 0 aliphatic carbocycles. The number of aromatic nitrogens is 1. The molecule has 1 N–H and O–H groups in total. The van der Waals surface area contributed by atoms with Gasteiger partial charge in [-0.2, -0.15) is 0 Å². The zero-order valence-electron chi connectivity index (χ0n) is 10.7. The van der Waals surface area contributed by atoms with E-state index in [9.17, 15) is 20.0 Å². The van der Waals surface area contributed by atoms with E-state index in [0.717, 1.165) is 11.8 Å². The largest absolute Gasteiger partial charge is 0.480 e. The predicted molar refractivity (Wildman–Crippen MR) is 71.5 cm³/mol. The van der Waals surface area contributed by atoms with Crippen LogP contribution in [0.1, 0.15) is 22.7 Å². The van der Waals surface area contributed by atoms with Crippen LogP contribution in [0.15, 0.2) is 42.6 Å². The van der Waals surface area contributed by atoms with Crippen LogP contribution in [-0.4, -0.2) is 21.0 Å². The topological polar surface area (TPSA) is 93.3 Å². The van der Waals surface area contributed by atoms with Crippen molar-refractivity contribution in [3.63, 3.8) is 0 Å². The Morgan fingerprint density at radius 3 is 2.50 bits per heavy atom. The van der Waals surface area contributed by atoms with Gasteiger partial charge in [-0.3, -0.25) is 19.9 Å². The Balaban J connectivity index is 2.47. The van der Waals surface area contributed by atoms with Gasteiger partial charge in [-0.05, 0) is 24.1 Å². The monoisotopic (exact) mass is 272 g/mol. The fraction of sp³-hybridized carbons (Fsp3) is 0.143. The van der Waals surface area contributed by atoms with Crippen molar-refractivity contribution in [2.75, 3.05) is 0 Å². The van der Waals surface area contributed by atoms with Gasteiger partial charge in [-0.1, -0.05) is 24.3 Å². The highest BCUT2D eigenvalue weighted by molar-refractivity contribution is 5.80. The van der Waals surface area contributed by atoms with Crippen molar-refractivity contribution >= 4 is 11.7 Å². The Labute approximate surface area is 114 Å². The van der Waals surface area contributed by atoms with Crippen molar-refractivity contribution in [2.45, 2.75) is 12.8 Å². The molecule has 0 saturated carbocycles. The standard InChI is InChI=1S/C14H12N2O4/c1-9-4-2-3-5-11(9)13(14(17)18)12-7-6-10(8-15-12)16(19)20/h2-8,13H,1H3,(H,17,18). The highest BCUT2D eigenvalue weighted by Crippen LogP contribution is 2.27. The maximum atomic E-state index is 11.5. The van der Waals surface area contributed by atoms with E-state index in [0.29, 0.717) is 5.56 Å². The molecule has 1 heterocycles. The van der Waals surface area contributed by atoms with Gasteiger partial charge in [-0.15, -0.1) is 0 Å². The molecule has 6 heteroatoms. The lowest BCUT2D eigenvalue weighted by molar-refractivity contribution is -0.385. The number of benzene rings is 1. The van der Waals surface area contributed by atoms with Crippen LogP contribution in [0.5, 0.6) is 0 Å². The van der Waals surface area contributed by atoms with Crippen LogP contribution in [0.2, 0.25) is 0 Å². The van der Waals surface area contributed by atoms with E-state index in [2.05, 4.69) is 4.98 Å². The van der Waals surface area contributed by atoms with Crippen molar-refractivity contribution in [3.05, 3.63) is 69.5 Å². The van der Waals surface area contributed by atoms with Crippen molar-refractivity contribution in [1.29, 1.82) is 0 Å². The summed E-state index contributed by atoms with van der Waals surface area (Å²) in [6.07, 6.45) is 1.07. The first-order valence-electron chi connectivity index (χ1n) is 5.89. The molecule has 0 bridgehead atoms. The summed E-state index contributed by atoms with van der Waals surface area (Å²) in [5.74, 6) is -1.97. The summed E-state index contributed by atoms with van der Waals surface area (Å²) in [7, 11) is 0. The van der Waals surface area contributed by atoms with Gasteiger partial charge in [0.15, 0.2) is 0 Å². The van der Waals surface area contributed by atoms with Gasteiger partial charge in [0, 0.05) is 6.07 Å². The number of carbonyl (C=O) groups is 1. The van der Waals surface area contributed by atoms with Gasteiger partial charge >= 0.3 is 5.97 Å². The molecule has 0 saturated heterocycles. The first-order chi connectivity index (χ1) is 9.50. The number of rotatable bonds is 4. The second-order valence-electron chi connectivity index (χ2n) is 4.33. The van der Waals surface area contributed by atoms with E-state index in [1.807, 2.05) is 19.1 Å². The lowest BCUT2D eigenvalue weighted by Gasteiger charge is -2.14. The summed E-state index contributed by atoms with van der Waals surface area (Å²) < 4.78 is 0. The molecule has 1 aromatic carbocycles. The number of pyridine rings is 1. The van der Waals surface area contributed by atoms with Gasteiger partial charge in [-0.25, -0.2) is 0 Å². The number of hydrogen-bond acceptors (Lipinski definition) is 4. The van der Waals surface area contributed by atoms with Crippen LogP contribution in [0.25, 0.3) is 0 Å². The van der Waals surface area contributed by atoms with E-state index in [4.69, 9.17) is 0 Å². The minimum atomic E-state index is -1.04. The summed E-state index contributed by atoms with van der Waals surface area (Å²) in [5, 5.41) is 20.0. The average molecular weight is 272 g/mol. The molecule has 0 fully saturated rings. The van der Waals surface area contributed by atoms with Crippen LogP contribution in [0.4, 0.5) is 5.69 Å². The molecule has 20 heavy (non-hydrogen) atoms. The number of nitrogens with zero attached hydrogens (tertiary/aromatic N) is 2. The molecule has 1 atom stereocenters. The number of aliphatic carboxylic acids is 1. The van der Waals surface area contributed by atoms with Crippen LogP contribution >= 0.6 is 0 Å². The number of carboxylic acids is 1. The third kappa shape index (κ3) is 2.64. The van der Waals surface area contributed by atoms with Crippen molar-refractivity contribution in [2.24, 2.45) is 0 Å². The molecule has 0 amide bonds. The molecular weight excluding hydrogens is 260 g/mol. The number of carboxylic acid groups (broad SMARTS) is 1. The molecule has 2 rings (SSSR count). The van der Waals surface area contributed by atoms with Crippen LogP contribution in [0.3, 0.4) is 0 Å². The average Bonchev–Trinajstić information content (AvgIpc) is 2.41. The minimum Gasteiger partial charge on any atom is -0.480 e. The Hall–Kier alpha value is -2.76. The third-order valence-corrected chi connectivity index (χ3v) is 3.02. The molecular formula is C14H12N2O4. The number of hydrogen-bond donors (Lipinski definition) is 1. The normalized spacial score (nSPS) is 11.8. The maximum absolute atomic E-state index is 11.5. The number of aryl methyl sites for hydroxylation is 1. The van der Waals surface area contributed by atoms with Gasteiger partial charge in [0.05, 0.1) is 10.6 Å². The second-order valence-corrected chi connectivity index (χ2v) is 4.33. The quantitative estimate of drug-likeness (QED) is 0.681. The van der Waals surface area contributed by atoms with Gasteiger partial charge in [0.25, 0.3) is 5.69 Å². The first kappa shape index (κ1) is 13.7. The lowest BCUT2D eigenvalue weighted by atomic mass is 9.92. The van der Waals surface area contributed by atoms with Crippen molar-refractivity contribution in [3.8, 4) is 0 Å². The van der Waals surface area contributed by atoms with Gasteiger partial charge in [0.2, 0.25) is 0 Å². The summed E-state index contributed by atoms with van der Waals surface area (Å²) in [6, 6.07) is 9.75. The second kappa shape index (κ2) is 5.48. The zero-order valence-corrected chi connectivity index (χ0v) is 10.7. The third-order valence-electron chi connectivity index (χ3n) is 3.02. The van der Waals surface area contributed by atoms with Crippen molar-refractivity contribution < 1.29 is 14.8 Å². The molecule has 0 aliphatic heterocycles. The number of nitro groups is 1. The van der Waals surface area contributed by atoms with Crippen molar-refractivity contribution in [1.82, 2.24) is 4.98 Å². The smallest absolute Gasteiger partial charge is 0.317 e. The fourth-order valence-corrected chi connectivity index (χ4v) is 2.01. The predicted octanol–water partition coefficient (Wildman–Crippen LogP) is 2.51. The fourth-order valence-electron chi connectivity index (χ4n) is 2.01. The lowest BCUT2D eigenvalue weighted by Crippen LogP contribution is -2.15. The Bertz CT molecular complexity index is 652. The summed E-state index contributed by atoms with van der Waals surface area (Å²) in [4.78, 5) is 25.4. The van der Waals surface area contributed by atoms with Gasteiger partial charge < -0.3 is 5.11 Å². The molecule has 2 aromatic rings. The highest BCUT2D eigenvalue weighted by atomic mass is 16.6. The Morgan fingerprint density at radius 1 is 1.30 bits per heavy atom. The first-order valence-corrected chi connectivity index (χ1v) is 5.89. The molecule has 0 radical (unpaired) electrons. The molecule has 6 nitrogen and oxygen atoms in total. The molecule has 0 spiro atoms. The van der Waals surface area contributed by atoms with Crippen LogP contribution in [0, 0.1) is 17.0 Å². The van der Waals surface area contributed by atoms with Crippen LogP contribution in [-0.2, 0) is 4.79 Å². The zero-order chi connectivity index (χ0) is 14.7. The summed E-state index contributed by atoms with van der Waals surface area (Å²) >= 11 is 0.